The van der Waals surface area contributed by atoms with Gasteiger partial charge in [-0.05, 0) is 32.1 Å². The summed E-state index contributed by atoms with van der Waals surface area (Å²) in [5.74, 6) is -1.01. The van der Waals surface area contributed by atoms with Crippen molar-refractivity contribution < 1.29 is 19.4 Å². The third-order valence-electron chi connectivity index (χ3n) is 1.98. The van der Waals surface area contributed by atoms with Crippen molar-refractivity contribution in [2.45, 2.75) is 20.0 Å². The molecule has 0 saturated carbocycles. The summed E-state index contributed by atoms with van der Waals surface area (Å²) in [7, 11) is 0. The molecule has 102 valence electrons. The zero-order valence-corrected chi connectivity index (χ0v) is 10.8. The fourth-order valence-electron chi connectivity index (χ4n) is 1.19. The fraction of sp³-hybridized carbons (Fsp3) is 0.308. The maximum absolute atomic E-state index is 11.5. The number of hydrogen-bond donors (Lipinski definition) is 2. The minimum absolute atomic E-state index is 0.0245. The van der Waals surface area contributed by atoms with E-state index in [2.05, 4.69) is 10.3 Å². The van der Waals surface area contributed by atoms with Gasteiger partial charge >= 0.3 is 5.97 Å². The van der Waals surface area contributed by atoms with Crippen molar-refractivity contribution in [2.75, 3.05) is 11.9 Å². The zero-order chi connectivity index (χ0) is 14.3. The van der Waals surface area contributed by atoms with Crippen LogP contribution < -0.4 is 5.32 Å². The first-order chi connectivity index (χ1) is 8.97. The number of carboxylic acid groups (broad SMARTS) is 1. The third kappa shape index (κ3) is 6.32. The minimum Gasteiger partial charge on any atom is -0.478 e. The zero-order valence-electron chi connectivity index (χ0n) is 10.8. The van der Waals surface area contributed by atoms with Gasteiger partial charge in [-0.15, -0.1) is 0 Å². The molecule has 0 aromatic carbocycles. The number of pyridine rings is 1. The smallest absolute Gasteiger partial charge is 0.328 e. The first kappa shape index (κ1) is 14.8. The largest absolute Gasteiger partial charge is 0.478 e. The lowest BCUT2D eigenvalue weighted by molar-refractivity contribution is -0.131. The Bertz CT molecular complexity index is 483. The summed E-state index contributed by atoms with van der Waals surface area (Å²) in [5, 5.41) is 11.1. The molecule has 19 heavy (non-hydrogen) atoms. The van der Waals surface area contributed by atoms with E-state index in [9.17, 15) is 9.59 Å². The van der Waals surface area contributed by atoms with Crippen LogP contribution in [0.25, 0.3) is 6.08 Å². The van der Waals surface area contributed by atoms with Gasteiger partial charge in [0.2, 0.25) is 0 Å². The van der Waals surface area contributed by atoms with Crippen LogP contribution in [0, 0.1) is 0 Å². The lowest BCUT2D eigenvalue weighted by Crippen LogP contribution is -2.21. The number of anilines is 1. The number of rotatable bonds is 6. The summed E-state index contributed by atoms with van der Waals surface area (Å²) in [4.78, 5) is 26.0. The molecule has 6 heteroatoms. The van der Waals surface area contributed by atoms with E-state index in [1.165, 1.54) is 6.08 Å². The number of aliphatic carboxylic acids is 1. The molecule has 0 aliphatic carbocycles. The van der Waals surface area contributed by atoms with E-state index in [4.69, 9.17) is 9.84 Å². The standard InChI is InChI=1S/C13H16N2O4/c1-9(2)19-8-12(16)15-11-5-3-4-10(14-11)6-7-13(17)18/h3-7,9H,8H2,1-2H3,(H,17,18)(H,14,15,16)/b7-6+. The maximum Gasteiger partial charge on any atom is 0.328 e. The highest BCUT2D eigenvalue weighted by atomic mass is 16.5. The Labute approximate surface area is 111 Å². The number of carbonyl (C=O) groups is 2. The Morgan fingerprint density at radius 2 is 2.21 bits per heavy atom. The maximum atomic E-state index is 11.5. The van der Waals surface area contributed by atoms with Gasteiger partial charge in [0, 0.05) is 6.08 Å². The SMILES string of the molecule is CC(C)OCC(=O)Nc1cccc(/C=C/C(=O)O)n1. The summed E-state index contributed by atoms with van der Waals surface area (Å²) < 4.78 is 5.15. The molecule has 0 unspecified atom stereocenters. The van der Waals surface area contributed by atoms with Gasteiger partial charge in [-0.3, -0.25) is 4.79 Å². The van der Waals surface area contributed by atoms with Crippen LogP contribution in [0.5, 0.6) is 0 Å². The molecule has 0 aliphatic rings. The Morgan fingerprint density at radius 1 is 1.47 bits per heavy atom. The van der Waals surface area contributed by atoms with Crippen LogP contribution >= 0.6 is 0 Å². The highest BCUT2D eigenvalue weighted by Gasteiger charge is 2.05. The average molecular weight is 264 g/mol. The van der Waals surface area contributed by atoms with Crippen molar-refractivity contribution in [3.05, 3.63) is 30.0 Å². The normalized spacial score (nSPS) is 10.9. The number of ether oxygens (including phenoxy) is 1. The Morgan fingerprint density at radius 3 is 2.84 bits per heavy atom. The lowest BCUT2D eigenvalue weighted by Gasteiger charge is -2.08. The number of nitrogens with one attached hydrogen (secondary N) is 1. The van der Waals surface area contributed by atoms with Crippen LogP contribution in [0.1, 0.15) is 19.5 Å². The van der Waals surface area contributed by atoms with Gasteiger partial charge in [-0.1, -0.05) is 6.07 Å². The lowest BCUT2D eigenvalue weighted by atomic mass is 10.3. The second kappa shape index (κ2) is 7.27. The van der Waals surface area contributed by atoms with Crippen LogP contribution in [0.15, 0.2) is 24.3 Å². The molecule has 0 aliphatic heterocycles. The molecular formula is C13H16N2O4. The van der Waals surface area contributed by atoms with Crippen LogP contribution in [-0.4, -0.2) is 34.7 Å². The molecular weight excluding hydrogens is 248 g/mol. The number of hydrogen-bond acceptors (Lipinski definition) is 4. The molecule has 0 bridgehead atoms. The highest BCUT2D eigenvalue weighted by Crippen LogP contribution is 2.06. The number of aromatic nitrogens is 1. The molecule has 1 amide bonds. The first-order valence-electron chi connectivity index (χ1n) is 5.77. The van der Waals surface area contributed by atoms with Gasteiger partial charge in [-0.2, -0.15) is 0 Å². The van der Waals surface area contributed by atoms with Crippen molar-refractivity contribution in [2.24, 2.45) is 0 Å². The molecule has 0 atom stereocenters. The highest BCUT2D eigenvalue weighted by molar-refractivity contribution is 5.91. The molecule has 0 fully saturated rings. The topological polar surface area (TPSA) is 88.5 Å². The first-order valence-corrected chi connectivity index (χ1v) is 5.77. The van der Waals surface area contributed by atoms with E-state index < -0.39 is 5.97 Å². The van der Waals surface area contributed by atoms with Crippen LogP contribution in [-0.2, 0) is 14.3 Å². The van der Waals surface area contributed by atoms with E-state index >= 15 is 0 Å². The predicted octanol–water partition coefficient (Wildman–Crippen LogP) is 1.54. The molecule has 0 radical (unpaired) electrons. The van der Waals surface area contributed by atoms with Gasteiger partial charge in [-0.25, -0.2) is 9.78 Å². The summed E-state index contributed by atoms with van der Waals surface area (Å²) in [6.07, 6.45) is 2.31. The van der Waals surface area contributed by atoms with Crippen molar-refractivity contribution >= 4 is 23.8 Å². The summed E-state index contributed by atoms with van der Waals surface area (Å²) in [6, 6.07) is 4.93. The number of carboxylic acids is 1. The summed E-state index contributed by atoms with van der Waals surface area (Å²) in [6.45, 7) is 3.63. The van der Waals surface area contributed by atoms with E-state index in [0.29, 0.717) is 11.5 Å². The van der Waals surface area contributed by atoms with Crippen molar-refractivity contribution in [3.8, 4) is 0 Å². The van der Waals surface area contributed by atoms with Gasteiger partial charge < -0.3 is 15.2 Å². The predicted molar refractivity (Wildman–Crippen MR) is 70.6 cm³/mol. The molecule has 1 rings (SSSR count). The second-order valence-corrected chi connectivity index (χ2v) is 4.03. The fourth-order valence-corrected chi connectivity index (χ4v) is 1.19. The number of amides is 1. The van der Waals surface area contributed by atoms with E-state index in [0.717, 1.165) is 6.08 Å². The Hall–Kier alpha value is -2.21. The van der Waals surface area contributed by atoms with Crippen molar-refractivity contribution in [3.63, 3.8) is 0 Å². The molecule has 0 spiro atoms. The molecule has 1 aromatic rings. The van der Waals surface area contributed by atoms with Gasteiger partial charge in [0.05, 0.1) is 11.8 Å². The monoisotopic (exact) mass is 264 g/mol. The summed E-state index contributed by atoms with van der Waals surface area (Å²) in [5.41, 5.74) is 0.449. The minimum atomic E-state index is -1.05. The molecule has 2 N–H and O–H groups in total. The third-order valence-corrected chi connectivity index (χ3v) is 1.98. The van der Waals surface area contributed by atoms with Gasteiger partial charge in [0.25, 0.3) is 5.91 Å². The Kier molecular flexibility index (Phi) is 5.69. The Balaban J connectivity index is 2.61. The molecule has 1 aromatic heterocycles. The van der Waals surface area contributed by atoms with Gasteiger partial charge in [0.15, 0.2) is 0 Å². The summed E-state index contributed by atoms with van der Waals surface area (Å²) >= 11 is 0. The van der Waals surface area contributed by atoms with Crippen molar-refractivity contribution in [1.29, 1.82) is 0 Å². The average Bonchev–Trinajstić information content (AvgIpc) is 2.34. The van der Waals surface area contributed by atoms with E-state index in [1.54, 1.807) is 18.2 Å². The molecule has 0 saturated heterocycles. The van der Waals surface area contributed by atoms with E-state index in [1.807, 2.05) is 13.8 Å². The van der Waals surface area contributed by atoms with Gasteiger partial charge in [0.1, 0.15) is 12.4 Å². The van der Waals surface area contributed by atoms with Crippen LogP contribution in [0.2, 0.25) is 0 Å². The second-order valence-electron chi connectivity index (χ2n) is 4.03. The van der Waals surface area contributed by atoms with E-state index in [-0.39, 0.29) is 18.6 Å². The quantitative estimate of drug-likeness (QED) is 0.761. The number of carbonyl (C=O) groups excluding carboxylic acids is 1. The van der Waals surface area contributed by atoms with Crippen LogP contribution in [0.4, 0.5) is 5.82 Å². The molecule has 1 heterocycles. The van der Waals surface area contributed by atoms with Crippen LogP contribution in [0.3, 0.4) is 0 Å². The van der Waals surface area contributed by atoms with Crippen molar-refractivity contribution in [1.82, 2.24) is 4.98 Å². The molecule has 6 nitrogen and oxygen atoms in total. The number of nitrogens with zero attached hydrogens (tertiary/aromatic N) is 1.